The van der Waals surface area contributed by atoms with Gasteiger partial charge in [0.1, 0.15) is 0 Å². The Morgan fingerprint density at radius 1 is 1.09 bits per heavy atom. The topological polar surface area (TPSA) is 37.4 Å². The summed E-state index contributed by atoms with van der Waals surface area (Å²) < 4.78 is 63.5. The average Bonchev–Trinajstić information content (AvgIpc) is 3.20. The van der Waals surface area contributed by atoms with Gasteiger partial charge in [-0.15, -0.1) is 11.3 Å². The summed E-state index contributed by atoms with van der Waals surface area (Å²) in [5, 5.41) is 0.385. The normalized spacial score (nSPS) is 12.6. The van der Waals surface area contributed by atoms with Crippen LogP contribution >= 0.6 is 22.9 Å². The number of halogens is 4. The molecule has 0 saturated carbocycles. The zero-order valence-electron chi connectivity index (χ0n) is 17.2. The van der Waals surface area contributed by atoms with Gasteiger partial charge < -0.3 is 4.90 Å². The first kappa shape index (κ1) is 24.1. The van der Waals surface area contributed by atoms with Crippen LogP contribution in [0, 0.1) is 0 Å². The maximum absolute atomic E-state index is 13.3. The molecule has 3 nitrogen and oxygen atoms in total. The molecule has 0 bridgehead atoms. The van der Waals surface area contributed by atoms with Crippen molar-refractivity contribution in [1.29, 1.82) is 0 Å². The van der Waals surface area contributed by atoms with E-state index in [0.29, 0.717) is 26.0 Å². The zero-order chi connectivity index (χ0) is 23.7. The first-order valence-electron chi connectivity index (χ1n) is 9.24. The van der Waals surface area contributed by atoms with E-state index in [4.69, 9.17) is 11.6 Å². The van der Waals surface area contributed by atoms with Crippen LogP contribution in [0.5, 0.6) is 0 Å². The van der Waals surface area contributed by atoms with Crippen LogP contribution in [-0.4, -0.2) is 27.9 Å². The summed E-state index contributed by atoms with van der Waals surface area (Å²) >= 11 is 7.51. The Bertz CT molecular complexity index is 1290. The van der Waals surface area contributed by atoms with Crippen molar-refractivity contribution in [1.82, 2.24) is 0 Å². The van der Waals surface area contributed by atoms with E-state index in [9.17, 15) is 21.6 Å². The molecule has 1 heterocycles. The van der Waals surface area contributed by atoms with E-state index in [2.05, 4.69) is 6.58 Å². The van der Waals surface area contributed by atoms with Crippen molar-refractivity contribution < 1.29 is 21.6 Å². The van der Waals surface area contributed by atoms with E-state index in [0.717, 1.165) is 12.3 Å². The summed E-state index contributed by atoms with van der Waals surface area (Å²) in [5.74, 6) is 0. The molecule has 0 amide bonds. The van der Waals surface area contributed by atoms with Crippen LogP contribution in [-0.2, 0) is 9.84 Å². The fraction of sp³-hybridized carbons (Fsp3) is 0.130. The van der Waals surface area contributed by atoms with Gasteiger partial charge in [-0.25, -0.2) is 8.42 Å². The maximum atomic E-state index is 13.3. The molecule has 0 spiro atoms. The highest BCUT2D eigenvalue weighted by molar-refractivity contribution is 7.90. The SMILES string of the molecule is C=C(/C=C(/c1ccc(-c2cccc(S(C)(=O)=O)c2)s1)N(C)c1ccccc1Cl)C(F)(F)F. The highest BCUT2D eigenvalue weighted by Crippen LogP contribution is 2.39. The van der Waals surface area contributed by atoms with Gasteiger partial charge in [0.05, 0.1) is 31.8 Å². The van der Waals surface area contributed by atoms with Gasteiger partial charge in [0, 0.05) is 18.2 Å². The van der Waals surface area contributed by atoms with Gasteiger partial charge in [-0.2, -0.15) is 13.2 Å². The lowest BCUT2D eigenvalue weighted by molar-refractivity contribution is -0.0877. The minimum atomic E-state index is -4.59. The van der Waals surface area contributed by atoms with E-state index in [1.165, 1.54) is 17.4 Å². The molecule has 0 aliphatic carbocycles. The molecule has 0 radical (unpaired) electrons. The Kier molecular flexibility index (Phi) is 6.88. The van der Waals surface area contributed by atoms with Crippen molar-refractivity contribution in [2.24, 2.45) is 0 Å². The van der Waals surface area contributed by atoms with Crippen LogP contribution in [0.2, 0.25) is 5.02 Å². The summed E-state index contributed by atoms with van der Waals surface area (Å²) in [6.45, 7) is 3.17. The molecule has 0 aliphatic heterocycles. The van der Waals surface area contributed by atoms with Gasteiger partial charge in [-0.3, -0.25) is 0 Å². The lowest BCUT2D eigenvalue weighted by Crippen LogP contribution is -2.17. The largest absolute Gasteiger partial charge is 0.415 e. The number of sulfone groups is 1. The molecule has 0 unspecified atom stereocenters. The summed E-state index contributed by atoms with van der Waals surface area (Å²) in [7, 11) is -1.77. The third-order valence-corrected chi connectivity index (χ3v) is 7.24. The number of nitrogens with zero attached hydrogens (tertiary/aromatic N) is 1. The Morgan fingerprint density at radius 3 is 2.41 bits per heavy atom. The molecule has 0 atom stereocenters. The number of hydrogen-bond donors (Lipinski definition) is 0. The maximum Gasteiger partial charge on any atom is 0.415 e. The van der Waals surface area contributed by atoms with Crippen LogP contribution in [0.25, 0.3) is 16.1 Å². The first-order valence-corrected chi connectivity index (χ1v) is 12.3. The number of benzene rings is 2. The lowest BCUT2D eigenvalue weighted by atomic mass is 10.1. The Balaban J connectivity index is 2.10. The highest BCUT2D eigenvalue weighted by Gasteiger charge is 2.31. The van der Waals surface area contributed by atoms with Crippen LogP contribution in [0.15, 0.2) is 83.8 Å². The van der Waals surface area contributed by atoms with Gasteiger partial charge >= 0.3 is 6.18 Å². The minimum Gasteiger partial charge on any atom is -0.342 e. The van der Waals surface area contributed by atoms with Crippen molar-refractivity contribution >= 4 is 44.2 Å². The Hall–Kier alpha value is -2.55. The van der Waals surface area contributed by atoms with Crippen molar-refractivity contribution in [2.45, 2.75) is 11.1 Å². The van der Waals surface area contributed by atoms with E-state index in [1.807, 2.05) is 0 Å². The summed E-state index contributed by atoms with van der Waals surface area (Å²) in [6, 6.07) is 16.7. The fourth-order valence-electron chi connectivity index (χ4n) is 2.94. The Morgan fingerprint density at radius 2 is 1.78 bits per heavy atom. The number of rotatable bonds is 6. The molecule has 168 valence electrons. The van der Waals surface area contributed by atoms with Crippen LogP contribution in [0.4, 0.5) is 18.9 Å². The molecule has 1 aromatic heterocycles. The smallest absolute Gasteiger partial charge is 0.342 e. The monoisotopic (exact) mass is 497 g/mol. The van der Waals surface area contributed by atoms with Crippen molar-refractivity contribution in [3.8, 4) is 10.4 Å². The Labute approximate surface area is 194 Å². The molecule has 32 heavy (non-hydrogen) atoms. The van der Waals surface area contributed by atoms with Crippen molar-refractivity contribution in [2.75, 3.05) is 18.2 Å². The number of hydrogen-bond acceptors (Lipinski definition) is 4. The second-order valence-electron chi connectivity index (χ2n) is 7.03. The highest BCUT2D eigenvalue weighted by atomic mass is 35.5. The molecular weight excluding hydrogens is 479 g/mol. The quantitative estimate of drug-likeness (QED) is 0.342. The lowest BCUT2D eigenvalue weighted by Gasteiger charge is -2.24. The number of allylic oxidation sites excluding steroid dienone is 2. The summed E-state index contributed by atoms with van der Waals surface area (Å²) in [5.41, 5.74) is 0.444. The minimum absolute atomic E-state index is 0.166. The molecule has 3 rings (SSSR count). The first-order chi connectivity index (χ1) is 14.9. The van der Waals surface area contributed by atoms with Gasteiger partial charge in [0.25, 0.3) is 0 Å². The fourth-order valence-corrected chi connectivity index (χ4v) is 4.93. The molecule has 9 heteroatoms. The predicted molar refractivity (Wildman–Crippen MR) is 126 cm³/mol. The molecule has 3 aromatic rings. The number of alkyl halides is 3. The molecule has 0 saturated heterocycles. The van der Waals surface area contributed by atoms with Crippen LogP contribution < -0.4 is 4.90 Å². The van der Waals surface area contributed by atoms with E-state index in [1.54, 1.807) is 66.5 Å². The zero-order valence-corrected chi connectivity index (χ0v) is 19.5. The molecular formula is C23H19ClF3NO2S2. The van der Waals surface area contributed by atoms with E-state index >= 15 is 0 Å². The predicted octanol–water partition coefficient (Wildman–Crippen LogP) is 7.07. The average molecular weight is 498 g/mol. The third-order valence-electron chi connectivity index (χ3n) is 4.66. The molecule has 0 N–H and O–H groups in total. The van der Waals surface area contributed by atoms with Gasteiger partial charge in [-0.1, -0.05) is 42.4 Å². The molecule has 0 fully saturated rings. The third kappa shape index (κ3) is 5.43. The van der Waals surface area contributed by atoms with Crippen LogP contribution in [0.3, 0.4) is 0 Å². The summed E-state index contributed by atoms with van der Waals surface area (Å²) in [4.78, 5) is 2.99. The van der Waals surface area contributed by atoms with Crippen molar-refractivity contribution in [3.63, 3.8) is 0 Å². The van der Waals surface area contributed by atoms with Crippen molar-refractivity contribution in [3.05, 3.63) is 88.8 Å². The number of anilines is 1. The van der Waals surface area contributed by atoms with Gasteiger partial charge in [0.15, 0.2) is 9.84 Å². The number of thiophene rings is 1. The summed E-state index contributed by atoms with van der Waals surface area (Å²) in [6.07, 6.45) is -2.49. The standard InChI is InChI=1S/C23H19ClF3NO2S2/c1-15(23(25,26)27)13-20(28(2)19-10-5-4-9-18(19)24)22-12-11-21(31-22)16-7-6-8-17(14-16)32(3,29)30/h4-14H,1H2,2-3H3/b20-13-. The number of para-hydroxylation sites is 1. The molecule has 2 aromatic carbocycles. The van der Waals surface area contributed by atoms with Crippen LogP contribution in [0.1, 0.15) is 4.88 Å². The van der Waals surface area contributed by atoms with E-state index < -0.39 is 21.6 Å². The second kappa shape index (κ2) is 9.13. The molecule has 0 aliphatic rings. The second-order valence-corrected chi connectivity index (χ2v) is 10.5. The van der Waals surface area contributed by atoms with Gasteiger partial charge in [-0.05, 0) is 48.0 Å². The van der Waals surface area contributed by atoms with Gasteiger partial charge in [0.2, 0.25) is 0 Å². The van der Waals surface area contributed by atoms with E-state index in [-0.39, 0.29) is 10.6 Å².